The Morgan fingerprint density at radius 2 is 1.71 bits per heavy atom. The smallest absolute Gasteiger partial charge is 0.196 e. The van der Waals surface area contributed by atoms with E-state index in [1.165, 1.54) is 6.07 Å². The molecule has 0 saturated carbocycles. The summed E-state index contributed by atoms with van der Waals surface area (Å²) in [6.45, 7) is 0. The molecule has 0 amide bonds. The second kappa shape index (κ2) is 3.48. The zero-order valence-electron chi connectivity index (χ0n) is 8.84. The number of fused-ring (bicyclic) bond motifs is 2. The van der Waals surface area contributed by atoms with Crippen molar-refractivity contribution in [1.82, 2.24) is 0 Å². The van der Waals surface area contributed by atoms with E-state index in [2.05, 4.69) is 0 Å². The van der Waals surface area contributed by atoms with Crippen molar-refractivity contribution in [3.8, 4) is 0 Å². The molecule has 0 bridgehead atoms. The highest BCUT2D eigenvalue weighted by Gasteiger charge is 2.27. The number of carbonyl (C=O) groups excluding carboxylic acids is 1. The van der Waals surface area contributed by atoms with Crippen LogP contribution in [-0.2, 0) is 6.42 Å². The molecule has 2 aromatic carbocycles. The molecule has 0 saturated heterocycles. The van der Waals surface area contributed by atoms with Crippen LogP contribution in [0.25, 0.3) is 0 Å². The van der Waals surface area contributed by atoms with Crippen LogP contribution in [0.4, 0.5) is 8.78 Å². The summed E-state index contributed by atoms with van der Waals surface area (Å²) < 4.78 is 26.8. The maximum Gasteiger partial charge on any atom is 0.196 e. The van der Waals surface area contributed by atoms with Gasteiger partial charge in [-0.3, -0.25) is 4.79 Å². The zero-order valence-corrected chi connectivity index (χ0v) is 8.84. The van der Waals surface area contributed by atoms with Gasteiger partial charge in [-0.25, -0.2) is 8.78 Å². The Labute approximate surface area is 96.7 Å². The molecule has 0 unspecified atom stereocenters. The first-order valence-corrected chi connectivity index (χ1v) is 5.28. The van der Waals surface area contributed by atoms with Gasteiger partial charge in [-0.2, -0.15) is 0 Å². The number of ketones is 1. The molecule has 0 spiro atoms. The molecule has 0 aliphatic heterocycles. The van der Waals surface area contributed by atoms with Crippen molar-refractivity contribution in [1.29, 1.82) is 0 Å². The standard InChI is InChI=1S/C14H8F2O/c15-11-6-5-9-7-8-3-1-2-4-10(8)14(17)12(9)13(11)16/h1-6H,7H2. The average molecular weight is 230 g/mol. The predicted octanol–water partition coefficient (Wildman–Crippen LogP) is 3.10. The van der Waals surface area contributed by atoms with Crippen molar-refractivity contribution in [3.05, 3.63) is 70.3 Å². The molecule has 3 rings (SSSR count). The van der Waals surface area contributed by atoms with Crippen LogP contribution in [0.15, 0.2) is 36.4 Å². The molecule has 84 valence electrons. The number of hydrogen-bond acceptors (Lipinski definition) is 1. The lowest BCUT2D eigenvalue weighted by molar-refractivity contribution is 0.103. The monoisotopic (exact) mass is 230 g/mol. The summed E-state index contributed by atoms with van der Waals surface area (Å²) >= 11 is 0. The Morgan fingerprint density at radius 1 is 0.941 bits per heavy atom. The molecule has 0 heterocycles. The molecule has 1 nitrogen and oxygen atoms in total. The Kier molecular flexibility index (Phi) is 2.08. The lowest BCUT2D eigenvalue weighted by Gasteiger charge is -2.18. The van der Waals surface area contributed by atoms with Gasteiger partial charge in [-0.15, -0.1) is 0 Å². The van der Waals surface area contributed by atoms with Crippen molar-refractivity contribution in [2.45, 2.75) is 6.42 Å². The highest BCUT2D eigenvalue weighted by atomic mass is 19.2. The average Bonchev–Trinajstić information content (AvgIpc) is 2.34. The van der Waals surface area contributed by atoms with Crippen molar-refractivity contribution in [2.75, 3.05) is 0 Å². The van der Waals surface area contributed by atoms with Gasteiger partial charge in [0.05, 0.1) is 5.56 Å². The SMILES string of the molecule is O=C1c2ccccc2Cc2ccc(F)c(F)c21. The molecule has 1 aliphatic carbocycles. The fraction of sp³-hybridized carbons (Fsp3) is 0.0714. The van der Waals surface area contributed by atoms with E-state index in [1.807, 2.05) is 12.1 Å². The van der Waals surface area contributed by atoms with Crippen LogP contribution in [0.1, 0.15) is 27.0 Å². The van der Waals surface area contributed by atoms with Gasteiger partial charge in [0.15, 0.2) is 17.4 Å². The lowest BCUT2D eigenvalue weighted by Crippen LogP contribution is -2.17. The summed E-state index contributed by atoms with van der Waals surface area (Å²) in [5.74, 6) is -2.45. The third-order valence-electron chi connectivity index (χ3n) is 3.05. The molecule has 1 aliphatic rings. The normalized spacial score (nSPS) is 13.2. The third-order valence-corrected chi connectivity index (χ3v) is 3.05. The van der Waals surface area contributed by atoms with Crippen LogP contribution in [0.5, 0.6) is 0 Å². The fourth-order valence-corrected chi connectivity index (χ4v) is 2.22. The van der Waals surface area contributed by atoms with Crippen LogP contribution in [-0.4, -0.2) is 5.78 Å². The molecular formula is C14H8F2O. The van der Waals surface area contributed by atoms with E-state index in [1.54, 1.807) is 12.1 Å². The molecule has 17 heavy (non-hydrogen) atoms. The Bertz CT molecular complexity index is 632. The van der Waals surface area contributed by atoms with Crippen molar-refractivity contribution < 1.29 is 13.6 Å². The maximum absolute atomic E-state index is 13.6. The second-order valence-electron chi connectivity index (χ2n) is 4.06. The van der Waals surface area contributed by atoms with Crippen molar-refractivity contribution >= 4 is 5.78 Å². The second-order valence-corrected chi connectivity index (χ2v) is 4.06. The predicted molar refractivity (Wildman–Crippen MR) is 59.0 cm³/mol. The molecule has 0 fully saturated rings. The van der Waals surface area contributed by atoms with Crippen LogP contribution in [0.3, 0.4) is 0 Å². The van der Waals surface area contributed by atoms with Crippen LogP contribution >= 0.6 is 0 Å². The van der Waals surface area contributed by atoms with Gasteiger partial charge in [0.1, 0.15) is 0 Å². The van der Waals surface area contributed by atoms with E-state index in [0.29, 0.717) is 17.5 Å². The summed E-state index contributed by atoms with van der Waals surface area (Å²) in [7, 11) is 0. The number of carbonyl (C=O) groups is 1. The first-order chi connectivity index (χ1) is 8.18. The summed E-state index contributed by atoms with van der Waals surface area (Å²) in [6.07, 6.45) is 0.467. The topological polar surface area (TPSA) is 17.1 Å². The Balaban J connectivity index is 2.28. The van der Waals surface area contributed by atoms with E-state index >= 15 is 0 Å². The van der Waals surface area contributed by atoms with Gasteiger partial charge in [-0.1, -0.05) is 30.3 Å². The fourth-order valence-electron chi connectivity index (χ4n) is 2.22. The minimum absolute atomic E-state index is 0.122. The summed E-state index contributed by atoms with van der Waals surface area (Å²) in [6, 6.07) is 9.56. The van der Waals surface area contributed by atoms with Crippen LogP contribution in [0, 0.1) is 11.6 Å². The molecule has 0 atom stereocenters. The van der Waals surface area contributed by atoms with E-state index in [4.69, 9.17) is 0 Å². The van der Waals surface area contributed by atoms with Crippen molar-refractivity contribution in [3.63, 3.8) is 0 Å². The molecule has 2 aromatic rings. The quantitative estimate of drug-likeness (QED) is 0.580. The van der Waals surface area contributed by atoms with E-state index in [-0.39, 0.29) is 5.56 Å². The van der Waals surface area contributed by atoms with E-state index in [9.17, 15) is 13.6 Å². The first-order valence-electron chi connectivity index (χ1n) is 5.28. The molecule has 0 aromatic heterocycles. The molecule has 0 radical (unpaired) electrons. The maximum atomic E-state index is 13.6. The van der Waals surface area contributed by atoms with E-state index < -0.39 is 17.4 Å². The number of hydrogen-bond donors (Lipinski definition) is 0. The number of benzene rings is 2. The van der Waals surface area contributed by atoms with E-state index in [0.717, 1.165) is 11.6 Å². The number of rotatable bonds is 0. The first kappa shape index (κ1) is 10.1. The van der Waals surface area contributed by atoms with Gasteiger partial charge in [0, 0.05) is 5.56 Å². The lowest BCUT2D eigenvalue weighted by atomic mass is 9.85. The van der Waals surface area contributed by atoms with Gasteiger partial charge in [0.25, 0.3) is 0 Å². The zero-order chi connectivity index (χ0) is 12.0. The Hall–Kier alpha value is -2.03. The van der Waals surface area contributed by atoms with Gasteiger partial charge in [0.2, 0.25) is 0 Å². The van der Waals surface area contributed by atoms with Gasteiger partial charge < -0.3 is 0 Å². The minimum Gasteiger partial charge on any atom is -0.288 e. The van der Waals surface area contributed by atoms with Crippen LogP contribution in [0.2, 0.25) is 0 Å². The largest absolute Gasteiger partial charge is 0.288 e. The van der Waals surface area contributed by atoms with Gasteiger partial charge >= 0.3 is 0 Å². The molecular weight excluding hydrogens is 222 g/mol. The third kappa shape index (κ3) is 1.39. The van der Waals surface area contributed by atoms with Gasteiger partial charge in [-0.05, 0) is 23.6 Å². The highest BCUT2D eigenvalue weighted by molar-refractivity contribution is 6.12. The molecule has 0 N–H and O–H groups in total. The summed E-state index contributed by atoms with van der Waals surface area (Å²) in [5.41, 5.74) is 1.75. The van der Waals surface area contributed by atoms with Crippen molar-refractivity contribution in [2.24, 2.45) is 0 Å². The minimum atomic E-state index is -1.04. The van der Waals surface area contributed by atoms with Crippen LogP contribution < -0.4 is 0 Å². The number of halogens is 2. The summed E-state index contributed by atoms with van der Waals surface area (Å²) in [5, 5.41) is 0. The highest BCUT2D eigenvalue weighted by Crippen LogP contribution is 2.29. The summed E-state index contributed by atoms with van der Waals surface area (Å²) in [4.78, 5) is 12.1. The Morgan fingerprint density at radius 3 is 2.53 bits per heavy atom. The molecule has 3 heteroatoms.